The van der Waals surface area contributed by atoms with E-state index in [1.54, 1.807) is 24.1 Å². The number of rotatable bonds is 2. The normalized spacial score (nSPS) is 10.3. The summed E-state index contributed by atoms with van der Waals surface area (Å²) >= 11 is 0. The van der Waals surface area contributed by atoms with Crippen LogP contribution >= 0.6 is 0 Å². The van der Waals surface area contributed by atoms with Crippen molar-refractivity contribution >= 4 is 5.97 Å². The van der Waals surface area contributed by atoms with Crippen molar-refractivity contribution < 1.29 is 13.9 Å². The summed E-state index contributed by atoms with van der Waals surface area (Å²) in [4.78, 5) is 15.1. The van der Waals surface area contributed by atoms with Gasteiger partial charge >= 0.3 is 5.97 Å². The van der Waals surface area contributed by atoms with Crippen molar-refractivity contribution in [3.05, 3.63) is 24.4 Å². The second-order valence-corrected chi connectivity index (χ2v) is 2.93. The lowest BCUT2D eigenvalue weighted by atomic mass is 10.4. The van der Waals surface area contributed by atoms with Gasteiger partial charge in [-0.3, -0.25) is 4.68 Å². The van der Waals surface area contributed by atoms with Gasteiger partial charge in [0.25, 0.3) is 0 Å². The molecule has 0 N–H and O–H groups in total. The Morgan fingerprint density at radius 3 is 3.00 bits per heavy atom. The van der Waals surface area contributed by atoms with Gasteiger partial charge in [-0.05, 0) is 0 Å². The van der Waals surface area contributed by atoms with Crippen molar-refractivity contribution in [1.82, 2.24) is 14.8 Å². The van der Waals surface area contributed by atoms with E-state index in [4.69, 9.17) is 4.42 Å². The molecule has 2 rings (SSSR count). The first-order chi connectivity index (χ1) is 7.20. The molecule has 0 aromatic carbocycles. The van der Waals surface area contributed by atoms with E-state index in [2.05, 4.69) is 14.8 Å². The predicted molar refractivity (Wildman–Crippen MR) is 50.0 cm³/mol. The molecule has 78 valence electrons. The molecule has 2 aromatic heterocycles. The Kier molecular flexibility index (Phi) is 2.24. The molecule has 0 bridgehead atoms. The van der Waals surface area contributed by atoms with E-state index in [-0.39, 0.29) is 5.69 Å². The minimum Gasteiger partial charge on any atom is -0.464 e. The van der Waals surface area contributed by atoms with E-state index in [1.807, 2.05) is 0 Å². The number of nitrogens with zero attached hydrogens (tertiary/aromatic N) is 3. The fourth-order valence-electron chi connectivity index (χ4n) is 1.14. The second kappa shape index (κ2) is 3.56. The van der Waals surface area contributed by atoms with Crippen LogP contribution in [0.5, 0.6) is 0 Å². The van der Waals surface area contributed by atoms with Gasteiger partial charge in [-0.2, -0.15) is 5.10 Å². The lowest BCUT2D eigenvalue weighted by Gasteiger charge is -1.89. The maximum atomic E-state index is 11.1. The van der Waals surface area contributed by atoms with Gasteiger partial charge in [-0.15, -0.1) is 0 Å². The zero-order valence-corrected chi connectivity index (χ0v) is 8.30. The summed E-state index contributed by atoms with van der Waals surface area (Å²) in [5, 5.41) is 3.97. The molecule has 15 heavy (non-hydrogen) atoms. The molecular formula is C9H9N3O3. The van der Waals surface area contributed by atoms with E-state index >= 15 is 0 Å². The number of hydrogen-bond donors (Lipinski definition) is 0. The Bertz CT molecular complexity index is 486. The van der Waals surface area contributed by atoms with Crippen LogP contribution in [0.3, 0.4) is 0 Å². The van der Waals surface area contributed by atoms with Crippen LogP contribution in [0.15, 0.2) is 23.1 Å². The number of ether oxygens (including phenoxy) is 1. The fraction of sp³-hybridized carbons (Fsp3) is 0.222. The molecule has 0 atom stereocenters. The third kappa shape index (κ3) is 1.74. The van der Waals surface area contributed by atoms with Crippen molar-refractivity contribution in [3.63, 3.8) is 0 Å². The van der Waals surface area contributed by atoms with Crippen LogP contribution in [0.25, 0.3) is 11.5 Å². The number of methoxy groups -OCH3 is 1. The van der Waals surface area contributed by atoms with E-state index in [0.29, 0.717) is 11.5 Å². The van der Waals surface area contributed by atoms with Crippen molar-refractivity contribution in [2.45, 2.75) is 0 Å². The summed E-state index contributed by atoms with van der Waals surface area (Å²) in [6.45, 7) is 0. The van der Waals surface area contributed by atoms with Gasteiger partial charge < -0.3 is 9.15 Å². The molecule has 0 aliphatic heterocycles. The standard InChI is InChI=1S/C9H9N3O3/c1-12-4-6(3-10-12)8-11-7(5-15-8)9(13)14-2/h3-5H,1-2H3. The number of carbonyl (C=O) groups excluding carboxylic acids is 1. The van der Waals surface area contributed by atoms with Crippen LogP contribution < -0.4 is 0 Å². The van der Waals surface area contributed by atoms with Crippen LogP contribution in [-0.2, 0) is 11.8 Å². The maximum Gasteiger partial charge on any atom is 0.360 e. The smallest absolute Gasteiger partial charge is 0.360 e. The lowest BCUT2D eigenvalue weighted by Crippen LogP contribution is -2.00. The Morgan fingerprint density at radius 2 is 2.40 bits per heavy atom. The van der Waals surface area contributed by atoms with Crippen LogP contribution in [0, 0.1) is 0 Å². The number of hydrogen-bond acceptors (Lipinski definition) is 5. The highest BCUT2D eigenvalue weighted by Crippen LogP contribution is 2.17. The van der Waals surface area contributed by atoms with Gasteiger partial charge in [-0.1, -0.05) is 0 Å². The van der Waals surface area contributed by atoms with Gasteiger partial charge in [0.15, 0.2) is 5.69 Å². The molecule has 0 spiro atoms. The summed E-state index contributed by atoms with van der Waals surface area (Å²) in [6, 6.07) is 0. The monoisotopic (exact) mass is 207 g/mol. The Morgan fingerprint density at radius 1 is 1.60 bits per heavy atom. The topological polar surface area (TPSA) is 70.2 Å². The van der Waals surface area contributed by atoms with Gasteiger partial charge in [0.2, 0.25) is 5.89 Å². The highest BCUT2D eigenvalue weighted by atomic mass is 16.5. The second-order valence-electron chi connectivity index (χ2n) is 2.93. The number of carbonyl (C=O) groups is 1. The molecule has 6 heteroatoms. The van der Waals surface area contributed by atoms with E-state index in [9.17, 15) is 4.79 Å². The number of aromatic nitrogens is 3. The average Bonchev–Trinajstić information content (AvgIpc) is 2.84. The summed E-state index contributed by atoms with van der Waals surface area (Å²) in [5.41, 5.74) is 0.865. The molecule has 0 aliphatic rings. The first-order valence-electron chi connectivity index (χ1n) is 4.23. The lowest BCUT2D eigenvalue weighted by molar-refractivity contribution is 0.0594. The first-order valence-corrected chi connectivity index (χ1v) is 4.23. The highest BCUT2D eigenvalue weighted by Gasteiger charge is 2.14. The Balaban J connectivity index is 2.31. The number of aryl methyl sites for hydroxylation is 1. The van der Waals surface area contributed by atoms with Crippen LogP contribution in [-0.4, -0.2) is 27.8 Å². The molecule has 6 nitrogen and oxygen atoms in total. The van der Waals surface area contributed by atoms with Gasteiger partial charge in [-0.25, -0.2) is 9.78 Å². The number of oxazole rings is 1. The van der Waals surface area contributed by atoms with E-state index in [0.717, 1.165) is 0 Å². The molecule has 0 aliphatic carbocycles. The van der Waals surface area contributed by atoms with E-state index < -0.39 is 5.97 Å². The van der Waals surface area contributed by atoms with Crippen LogP contribution in [0.2, 0.25) is 0 Å². The van der Waals surface area contributed by atoms with Crippen molar-refractivity contribution in [3.8, 4) is 11.5 Å². The van der Waals surface area contributed by atoms with E-state index in [1.165, 1.54) is 13.4 Å². The first kappa shape index (κ1) is 9.45. The molecular weight excluding hydrogens is 198 g/mol. The fourth-order valence-corrected chi connectivity index (χ4v) is 1.14. The molecule has 0 radical (unpaired) electrons. The molecule has 2 aromatic rings. The largest absolute Gasteiger partial charge is 0.464 e. The summed E-state index contributed by atoms with van der Waals surface area (Å²) in [7, 11) is 3.08. The average molecular weight is 207 g/mol. The summed E-state index contributed by atoms with van der Waals surface area (Å²) in [6.07, 6.45) is 4.61. The maximum absolute atomic E-state index is 11.1. The van der Waals surface area contributed by atoms with Crippen molar-refractivity contribution in [2.24, 2.45) is 7.05 Å². The van der Waals surface area contributed by atoms with Crippen LogP contribution in [0.4, 0.5) is 0 Å². The van der Waals surface area contributed by atoms with Gasteiger partial charge in [0.05, 0.1) is 18.9 Å². The minimum absolute atomic E-state index is 0.149. The molecule has 0 fully saturated rings. The summed E-state index contributed by atoms with van der Waals surface area (Å²) in [5.74, 6) is -0.169. The predicted octanol–water partition coefficient (Wildman–Crippen LogP) is 0.862. The van der Waals surface area contributed by atoms with Crippen molar-refractivity contribution in [2.75, 3.05) is 7.11 Å². The molecule has 0 amide bonds. The zero-order valence-electron chi connectivity index (χ0n) is 8.30. The Labute approximate surface area is 85.5 Å². The highest BCUT2D eigenvalue weighted by molar-refractivity contribution is 5.87. The molecule has 0 unspecified atom stereocenters. The van der Waals surface area contributed by atoms with Crippen molar-refractivity contribution in [1.29, 1.82) is 0 Å². The number of esters is 1. The zero-order chi connectivity index (χ0) is 10.8. The quantitative estimate of drug-likeness (QED) is 0.683. The molecule has 2 heterocycles. The Hall–Kier alpha value is -2.11. The van der Waals surface area contributed by atoms with Crippen LogP contribution in [0.1, 0.15) is 10.5 Å². The van der Waals surface area contributed by atoms with Gasteiger partial charge in [0.1, 0.15) is 6.26 Å². The molecule has 0 saturated carbocycles. The third-order valence-corrected chi connectivity index (χ3v) is 1.85. The minimum atomic E-state index is -0.520. The molecule has 0 saturated heterocycles. The van der Waals surface area contributed by atoms with Gasteiger partial charge in [0, 0.05) is 13.2 Å². The SMILES string of the molecule is COC(=O)c1coc(-c2cnn(C)c2)n1. The third-order valence-electron chi connectivity index (χ3n) is 1.85. The summed E-state index contributed by atoms with van der Waals surface area (Å²) < 4.78 is 11.3.